The minimum atomic E-state index is -4.54. The van der Waals surface area contributed by atoms with Crippen molar-refractivity contribution in [2.45, 2.75) is 38.6 Å². The van der Waals surface area contributed by atoms with Gasteiger partial charge in [0.1, 0.15) is 43.5 Å². The Kier molecular flexibility index (Phi) is 12.5. The van der Waals surface area contributed by atoms with Crippen molar-refractivity contribution in [3.63, 3.8) is 0 Å². The molecule has 10 nitrogen and oxygen atoms in total. The van der Waals surface area contributed by atoms with Crippen molar-refractivity contribution >= 4 is 18.9 Å². The SMILES string of the molecule is O=Cc1ccccc1O.O=Cc1ccccc1OCc1ccnn1CC(F)(F)F.[2H]C([2H])(Oc1ccccc1C=O)c1ccnn1CC(F)(F)F. The fraction of sp³-hybridized carbons (Fsp3) is 0.182. The monoisotopic (exact) mass is 692 g/mol. The summed E-state index contributed by atoms with van der Waals surface area (Å²) in [6.07, 6.45) is -4.85. The molecule has 0 radical (unpaired) electrons. The van der Waals surface area contributed by atoms with E-state index in [4.69, 9.17) is 17.3 Å². The van der Waals surface area contributed by atoms with E-state index < -0.39 is 37.7 Å². The quantitative estimate of drug-likeness (QED) is 0.117. The van der Waals surface area contributed by atoms with Crippen LogP contribution in [-0.2, 0) is 26.3 Å². The van der Waals surface area contributed by atoms with Crippen LogP contribution in [0.25, 0.3) is 0 Å². The lowest BCUT2D eigenvalue weighted by atomic mass is 10.2. The van der Waals surface area contributed by atoms with Gasteiger partial charge in [-0.3, -0.25) is 23.7 Å². The van der Waals surface area contributed by atoms with Crippen molar-refractivity contribution in [3.8, 4) is 17.2 Å². The molecule has 0 unspecified atom stereocenters. The highest BCUT2D eigenvalue weighted by molar-refractivity contribution is 5.80. The molecular formula is C33H28F6N4O6. The fourth-order valence-electron chi connectivity index (χ4n) is 3.74. The first-order chi connectivity index (χ1) is 24.1. The van der Waals surface area contributed by atoms with Gasteiger partial charge in [-0.2, -0.15) is 36.5 Å². The maximum absolute atomic E-state index is 12.5. The van der Waals surface area contributed by atoms with E-state index >= 15 is 0 Å². The van der Waals surface area contributed by atoms with E-state index in [-0.39, 0.29) is 29.4 Å². The Bertz CT molecular complexity index is 1900. The zero-order valence-electron chi connectivity index (χ0n) is 27.1. The Labute approximate surface area is 277 Å². The molecule has 2 aromatic heterocycles. The van der Waals surface area contributed by atoms with Gasteiger partial charge < -0.3 is 14.6 Å². The number of aromatic hydroxyl groups is 1. The molecule has 0 spiro atoms. The molecule has 1 N–H and O–H groups in total. The van der Waals surface area contributed by atoms with Crippen LogP contribution in [-0.4, -0.2) is 55.9 Å². The number of ether oxygens (including phenoxy) is 2. The number of nitrogens with zero attached hydrogens (tertiary/aromatic N) is 4. The fourth-order valence-corrected chi connectivity index (χ4v) is 3.74. The Hall–Kier alpha value is -5.93. The summed E-state index contributed by atoms with van der Waals surface area (Å²) in [6.45, 7) is -5.29. The third-order valence-electron chi connectivity index (χ3n) is 5.98. The predicted octanol–water partition coefficient (Wildman–Crippen LogP) is 6.88. The van der Waals surface area contributed by atoms with Crippen LogP contribution in [0, 0.1) is 0 Å². The summed E-state index contributed by atoms with van der Waals surface area (Å²) in [5.74, 6) is 0.289. The molecule has 0 bridgehead atoms. The number of phenolic OH excluding ortho intramolecular Hbond substituents is 1. The Morgan fingerprint density at radius 1 is 0.633 bits per heavy atom. The van der Waals surface area contributed by atoms with E-state index in [0.29, 0.717) is 40.4 Å². The smallest absolute Gasteiger partial charge is 0.408 e. The molecule has 0 saturated carbocycles. The Morgan fingerprint density at radius 2 is 1.06 bits per heavy atom. The largest absolute Gasteiger partial charge is 0.507 e. The molecule has 5 rings (SSSR count). The summed E-state index contributed by atoms with van der Waals surface area (Å²) in [6, 6.07) is 21.3. The molecule has 5 aromatic rings. The summed E-state index contributed by atoms with van der Waals surface area (Å²) < 4.78 is 102. The number of hydrogen-bond acceptors (Lipinski definition) is 8. The van der Waals surface area contributed by atoms with Crippen LogP contribution in [0.2, 0.25) is 0 Å². The number of aromatic nitrogens is 4. The number of rotatable bonds is 11. The van der Waals surface area contributed by atoms with Gasteiger partial charge in [-0.15, -0.1) is 0 Å². The second-order valence-corrected chi connectivity index (χ2v) is 9.57. The first-order valence-electron chi connectivity index (χ1n) is 14.9. The number of para-hydroxylation sites is 3. The highest BCUT2D eigenvalue weighted by Crippen LogP contribution is 2.22. The minimum Gasteiger partial charge on any atom is -0.507 e. The standard InChI is InChI=1S/2C13H11F3N2O2.C7H6O2/c2*14-13(15,16)9-18-11(5-6-17-18)8-20-12-4-2-1-3-10(12)7-19;8-5-6-3-1-2-4-7(6)9/h2*1-7H,8-9H2;1-5,9H/i8D2;;. The molecule has 0 saturated heterocycles. The lowest BCUT2D eigenvalue weighted by molar-refractivity contribution is -0.144. The number of carbonyl (C=O) groups is 3. The predicted molar refractivity (Wildman–Crippen MR) is 162 cm³/mol. The van der Waals surface area contributed by atoms with Crippen molar-refractivity contribution in [3.05, 3.63) is 125 Å². The molecule has 0 aliphatic carbocycles. The van der Waals surface area contributed by atoms with E-state index in [2.05, 4.69) is 10.2 Å². The van der Waals surface area contributed by atoms with Crippen LogP contribution in [0.15, 0.2) is 97.3 Å². The second kappa shape index (κ2) is 17.8. The zero-order chi connectivity index (χ0) is 37.7. The summed E-state index contributed by atoms with van der Waals surface area (Å²) in [5, 5.41) is 15.9. The van der Waals surface area contributed by atoms with Gasteiger partial charge in [0.25, 0.3) is 0 Å². The molecule has 16 heteroatoms. The highest BCUT2D eigenvalue weighted by Gasteiger charge is 2.30. The number of carbonyl (C=O) groups excluding carboxylic acids is 3. The van der Waals surface area contributed by atoms with Crippen molar-refractivity contribution in [1.82, 2.24) is 19.6 Å². The minimum absolute atomic E-state index is 0.0347. The van der Waals surface area contributed by atoms with Gasteiger partial charge in [-0.1, -0.05) is 36.4 Å². The molecule has 2 heterocycles. The van der Waals surface area contributed by atoms with Gasteiger partial charge in [0.2, 0.25) is 0 Å². The van der Waals surface area contributed by atoms with Gasteiger partial charge in [-0.25, -0.2) is 0 Å². The highest BCUT2D eigenvalue weighted by atomic mass is 19.4. The zero-order valence-corrected chi connectivity index (χ0v) is 25.1. The molecular weight excluding hydrogens is 662 g/mol. The molecule has 258 valence electrons. The Balaban J connectivity index is 0.000000223. The molecule has 0 atom stereocenters. The normalized spacial score (nSPS) is 11.8. The summed E-state index contributed by atoms with van der Waals surface area (Å²) in [4.78, 5) is 31.7. The molecule has 0 fully saturated rings. The van der Waals surface area contributed by atoms with Crippen LogP contribution in [0.5, 0.6) is 17.2 Å². The van der Waals surface area contributed by atoms with Gasteiger partial charge in [0.15, 0.2) is 18.9 Å². The number of aldehydes is 3. The molecule has 49 heavy (non-hydrogen) atoms. The van der Waals surface area contributed by atoms with Gasteiger partial charge in [0, 0.05) is 12.4 Å². The van der Waals surface area contributed by atoms with Crippen molar-refractivity contribution < 1.29 is 58.0 Å². The summed E-state index contributed by atoms with van der Waals surface area (Å²) >= 11 is 0. The molecule has 0 aliphatic rings. The number of halogens is 6. The van der Waals surface area contributed by atoms with Crippen LogP contribution in [0.4, 0.5) is 26.3 Å². The molecule has 0 amide bonds. The average molecular weight is 693 g/mol. The first kappa shape index (κ1) is 34.4. The van der Waals surface area contributed by atoms with Gasteiger partial charge in [0.05, 0.1) is 30.8 Å². The van der Waals surface area contributed by atoms with E-state index in [1.54, 1.807) is 48.5 Å². The van der Waals surface area contributed by atoms with E-state index in [1.807, 2.05) is 0 Å². The second-order valence-electron chi connectivity index (χ2n) is 9.57. The van der Waals surface area contributed by atoms with Crippen molar-refractivity contribution in [2.24, 2.45) is 0 Å². The average Bonchev–Trinajstić information content (AvgIpc) is 3.72. The van der Waals surface area contributed by atoms with Crippen LogP contribution in [0.3, 0.4) is 0 Å². The van der Waals surface area contributed by atoms with Crippen molar-refractivity contribution in [2.75, 3.05) is 0 Å². The first-order valence-corrected chi connectivity index (χ1v) is 13.9. The van der Waals surface area contributed by atoms with Crippen LogP contribution < -0.4 is 9.47 Å². The number of benzene rings is 3. The lowest BCUT2D eigenvalue weighted by Crippen LogP contribution is -2.21. The maximum atomic E-state index is 12.5. The lowest BCUT2D eigenvalue weighted by Gasteiger charge is -2.12. The van der Waals surface area contributed by atoms with Gasteiger partial charge in [-0.05, 0) is 48.5 Å². The van der Waals surface area contributed by atoms with Crippen LogP contribution >= 0.6 is 0 Å². The number of hydrogen-bond donors (Lipinski definition) is 1. The van der Waals surface area contributed by atoms with E-state index in [9.17, 15) is 40.7 Å². The summed E-state index contributed by atoms with van der Waals surface area (Å²) in [5.41, 5.74) is 0.647. The topological polar surface area (TPSA) is 126 Å². The Morgan fingerprint density at radius 3 is 1.53 bits per heavy atom. The van der Waals surface area contributed by atoms with Gasteiger partial charge >= 0.3 is 12.4 Å². The molecule has 0 aliphatic heterocycles. The van der Waals surface area contributed by atoms with E-state index in [1.165, 1.54) is 36.5 Å². The number of alkyl halides is 6. The third-order valence-corrected chi connectivity index (χ3v) is 5.98. The van der Waals surface area contributed by atoms with E-state index in [0.717, 1.165) is 16.9 Å². The third kappa shape index (κ3) is 12.7. The van der Waals surface area contributed by atoms with Crippen LogP contribution in [0.1, 0.15) is 45.2 Å². The number of phenols is 1. The summed E-state index contributed by atoms with van der Waals surface area (Å²) in [7, 11) is 0. The maximum Gasteiger partial charge on any atom is 0.408 e. The molecule has 3 aromatic carbocycles. The van der Waals surface area contributed by atoms with Crippen molar-refractivity contribution in [1.29, 1.82) is 0 Å².